The average Bonchev–Trinajstić information content (AvgIpc) is 2.18. The molecule has 1 fully saturated rings. The van der Waals surface area contributed by atoms with Crippen molar-refractivity contribution in [2.45, 2.75) is 39.0 Å². The molecule has 0 aromatic carbocycles. The molecule has 0 bridgehead atoms. The Morgan fingerprint density at radius 3 is 2.20 bits per heavy atom. The van der Waals surface area contributed by atoms with Crippen LogP contribution in [-0.2, 0) is 14.6 Å². The third-order valence-corrected chi connectivity index (χ3v) is 5.07. The zero-order valence-corrected chi connectivity index (χ0v) is 9.85. The molecule has 0 aromatic rings. The van der Waals surface area contributed by atoms with Crippen molar-refractivity contribution in [2.24, 2.45) is 5.41 Å². The lowest BCUT2D eigenvalue weighted by molar-refractivity contribution is -0.149. The third-order valence-electron chi connectivity index (χ3n) is 3.20. The molecule has 15 heavy (non-hydrogen) atoms. The average molecular weight is 234 g/mol. The number of carbonyl (C=O) groups is 1. The third kappa shape index (κ3) is 2.93. The predicted molar refractivity (Wildman–Crippen MR) is 57.5 cm³/mol. The van der Waals surface area contributed by atoms with E-state index in [4.69, 9.17) is 0 Å². The van der Waals surface area contributed by atoms with E-state index in [0.717, 1.165) is 19.3 Å². The summed E-state index contributed by atoms with van der Waals surface area (Å²) in [6.45, 7) is 1.56. The molecule has 0 spiro atoms. The predicted octanol–water partition coefficient (Wildman–Crippen LogP) is 1.46. The molecule has 4 nitrogen and oxygen atoms in total. The highest BCUT2D eigenvalue weighted by Crippen LogP contribution is 2.37. The second-order valence-electron chi connectivity index (χ2n) is 4.32. The minimum absolute atomic E-state index is 0.0298. The summed E-state index contributed by atoms with van der Waals surface area (Å²) in [6.07, 6.45) is 3.67. The fourth-order valence-corrected chi connectivity index (χ4v) is 3.63. The zero-order valence-electron chi connectivity index (χ0n) is 9.03. The number of hydrogen-bond donors (Lipinski definition) is 1. The van der Waals surface area contributed by atoms with Crippen LogP contribution in [0.1, 0.15) is 39.0 Å². The van der Waals surface area contributed by atoms with Crippen LogP contribution in [0.25, 0.3) is 0 Å². The van der Waals surface area contributed by atoms with Gasteiger partial charge in [0.2, 0.25) is 0 Å². The van der Waals surface area contributed by atoms with Crippen LogP contribution < -0.4 is 0 Å². The van der Waals surface area contributed by atoms with Gasteiger partial charge in [-0.2, -0.15) is 0 Å². The molecular formula is C10H18O4S. The van der Waals surface area contributed by atoms with Gasteiger partial charge in [0.15, 0.2) is 9.84 Å². The van der Waals surface area contributed by atoms with E-state index in [9.17, 15) is 18.3 Å². The molecular weight excluding hydrogens is 216 g/mol. The maximum atomic E-state index is 11.5. The Morgan fingerprint density at radius 2 is 1.80 bits per heavy atom. The summed E-state index contributed by atoms with van der Waals surface area (Å²) in [6, 6.07) is 0. The van der Waals surface area contributed by atoms with Gasteiger partial charge in [0.25, 0.3) is 0 Å². The first kappa shape index (κ1) is 12.5. The van der Waals surface area contributed by atoms with Crippen molar-refractivity contribution in [1.29, 1.82) is 0 Å². The first-order valence-electron chi connectivity index (χ1n) is 5.36. The monoisotopic (exact) mass is 234 g/mol. The standard InChI is InChI=1S/C10H18O4S/c1-2-15(13,14)8-10(9(11)12)6-4-3-5-7-10/h2-8H2,1H3,(H,11,12). The molecule has 1 aliphatic rings. The van der Waals surface area contributed by atoms with Crippen LogP contribution in [0.5, 0.6) is 0 Å². The molecule has 0 unspecified atom stereocenters. The van der Waals surface area contributed by atoms with Crippen LogP contribution in [0.15, 0.2) is 0 Å². The van der Waals surface area contributed by atoms with Crippen LogP contribution in [0.3, 0.4) is 0 Å². The Balaban J connectivity index is 2.87. The molecule has 0 radical (unpaired) electrons. The quantitative estimate of drug-likeness (QED) is 0.799. The lowest BCUT2D eigenvalue weighted by Crippen LogP contribution is -2.40. The van der Waals surface area contributed by atoms with E-state index < -0.39 is 21.2 Å². The maximum absolute atomic E-state index is 11.5. The van der Waals surface area contributed by atoms with Gasteiger partial charge in [-0.05, 0) is 12.8 Å². The van der Waals surface area contributed by atoms with Gasteiger partial charge in [0, 0.05) is 5.75 Å². The molecule has 1 N–H and O–H groups in total. The largest absolute Gasteiger partial charge is 0.481 e. The van der Waals surface area contributed by atoms with Crippen LogP contribution in [0, 0.1) is 5.41 Å². The van der Waals surface area contributed by atoms with Crippen LogP contribution in [0.4, 0.5) is 0 Å². The molecule has 88 valence electrons. The van der Waals surface area contributed by atoms with E-state index in [0.29, 0.717) is 12.8 Å². The van der Waals surface area contributed by atoms with E-state index in [2.05, 4.69) is 0 Å². The minimum Gasteiger partial charge on any atom is -0.481 e. The van der Waals surface area contributed by atoms with Crippen molar-refractivity contribution in [1.82, 2.24) is 0 Å². The van der Waals surface area contributed by atoms with E-state index in [-0.39, 0.29) is 11.5 Å². The van der Waals surface area contributed by atoms with Gasteiger partial charge in [-0.1, -0.05) is 26.2 Å². The van der Waals surface area contributed by atoms with Gasteiger partial charge < -0.3 is 5.11 Å². The molecule has 0 saturated heterocycles. The summed E-state index contributed by atoms with van der Waals surface area (Å²) in [4.78, 5) is 11.2. The molecule has 0 aliphatic heterocycles. The van der Waals surface area contributed by atoms with Gasteiger partial charge in [-0.25, -0.2) is 8.42 Å². The second-order valence-corrected chi connectivity index (χ2v) is 6.68. The summed E-state index contributed by atoms with van der Waals surface area (Å²) in [5.74, 6) is -1.10. The summed E-state index contributed by atoms with van der Waals surface area (Å²) in [7, 11) is -3.20. The topological polar surface area (TPSA) is 71.4 Å². The normalized spacial score (nSPS) is 21.1. The first-order valence-corrected chi connectivity index (χ1v) is 7.18. The van der Waals surface area contributed by atoms with Crippen molar-refractivity contribution < 1.29 is 18.3 Å². The summed E-state index contributed by atoms with van der Waals surface area (Å²) >= 11 is 0. The molecule has 0 amide bonds. The Bertz CT molecular complexity index is 325. The Morgan fingerprint density at radius 1 is 1.27 bits per heavy atom. The molecule has 1 rings (SSSR count). The van der Waals surface area contributed by atoms with Crippen molar-refractivity contribution in [2.75, 3.05) is 11.5 Å². The highest BCUT2D eigenvalue weighted by molar-refractivity contribution is 7.91. The fourth-order valence-electron chi connectivity index (χ4n) is 2.17. The summed E-state index contributed by atoms with van der Waals surface area (Å²) in [5, 5.41) is 9.18. The SMILES string of the molecule is CCS(=O)(=O)CC1(C(=O)O)CCCCC1. The minimum atomic E-state index is -3.20. The number of carboxylic acid groups (broad SMARTS) is 1. The molecule has 0 aromatic heterocycles. The van der Waals surface area contributed by atoms with Crippen molar-refractivity contribution in [3.63, 3.8) is 0 Å². The Kier molecular flexibility index (Phi) is 3.76. The van der Waals surface area contributed by atoms with E-state index in [1.54, 1.807) is 6.92 Å². The number of hydrogen-bond acceptors (Lipinski definition) is 3. The van der Waals surface area contributed by atoms with Gasteiger partial charge in [-0.15, -0.1) is 0 Å². The molecule has 1 aliphatic carbocycles. The first-order chi connectivity index (χ1) is 6.92. The highest BCUT2D eigenvalue weighted by atomic mass is 32.2. The molecule has 1 saturated carbocycles. The van der Waals surface area contributed by atoms with Gasteiger partial charge in [0.05, 0.1) is 11.2 Å². The number of rotatable bonds is 4. The van der Waals surface area contributed by atoms with Crippen LogP contribution in [0.2, 0.25) is 0 Å². The number of sulfone groups is 1. The Labute approximate surface area is 90.6 Å². The van der Waals surface area contributed by atoms with Crippen molar-refractivity contribution in [3.8, 4) is 0 Å². The maximum Gasteiger partial charge on any atom is 0.310 e. The highest BCUT2D eigenvalue weighted by Gasteiger charge is 2.42. The van der Waals surface area contributed by atoms with Crippen molar-refractivity contribution >= 4 is 15.8 Å². The lowest BCUT2D eigenvalue weighted by Gasteiger charge is -2.32. The van der Waals surface area contributed by atoms with E-state index >= 15 is 0 Å². The van der Waals surface area contributed by atoms with Crippen LogP contribution in [-0.4, -0.2) is 31.0 Å². The molecule has 0 atom stereocenters. The van der Waals surface area contributed by atoms with Gasteiger partial charge >= 0.3 is 5.97 Å². The molecule has 5 heteroatoms. The smallest absolute Gasteiger partial charge is 0.310 e. The van der Waals surface area contributed by atoms with E-state index in [1.165, 1.54) is 0 Å². The lowest BCUT2D eigenvalue weighted by atomic mass is 9.76. The number of aliphatic carboxylic acids is 1. The van der Waals surface area contributed by atoms with Gasteiger partial charge in [-0.3, -0.25) is 4.79 Å². The van der Waals surface area contributed by atoms with E-state index in [1.807, 2.05) is 0 Å². The second kappa shape index (κ2) is 4.51. The molecule has 0 heterocycles. The van der Waals surface area contributed by atoms with Crippen LogP contribution >= 0.6 is 0 Å². The number of carboxylic acids is 1. The summed E-state index contributed by atoms with van der Waals surface area (Å²) < 4.78 is 23.0. The summed E-state index contributed by atoms with van der Waals surface area (Å²) in [5.41, 5.74) is -1.01. The van der Waals surface area contributed by atoms with Gasteiger partial charge in [0.1, 0.15) is 0 Å². The zero-order chi connectivity index (χ0) is 11.5. The Hall–Kier alpha value is -0.580. The van der Waals surface area contributed by atoms with Crippen molar-refractivity contribution in [3.05, 3.63) is 0 Å². The fraction of sp³-hybridized carbons (Fsp3) is 0.900.